The first-order valence-corrected chi connectivity index (χ1v) is 10.3. The largest absolute Gasteiger partial charge is 0.339 e. The second-order valence-corrected chi connectivity index (χ2v) is 7.39. The molecule has 4 nitrogen and oxygen atoms in total. The van der Waals surface area contributed by atoms with Crippen molar-refractivity contribution in [1.29, 1.82) is 0 Å². The summed E-state index contributed by atoms with van der Waals surface area (Å²) in [7, 11) is 0. The van der Waals surface area contributed by atoms with E-state index in [-0.39, 0.29) is 23.7 Å². The Bertz CT molecular complexity index is 700. The molecule has 0 N–H and O–H groups in total. The maximum absolute atomic E-state index is 13.0. The van der Waals surface area contributed by atoms with E-state index >= 15 is 0 Å². The second-order valence-electron chi connectivity index (χ2n) is 7.39. The van der Waals surface area contributed by atoms with E-state index in [4.69, 9.17) is 0 Å². The number of piperazine rings is 1. The Morgan fingerprint density at radius 3 is 1.29 bits per heavy atom. The highest BCUT2D eigenvalue weighted by molar-refractivity contribution is 5.85. The lowest BCUT2D eigenvalue weighted by atomic mass is 9.94. The molecule has 148 valence electrons. The van der Waals surface area contributed by atoms with Crippen LogP contribution in [0, 0.1) is 0 Å². The summed E-state index contributed by atoms with van der Waals surface area (Å²) < 4.78 is 0. The smallest absolute Gasteiger partial charge is 0.230 e. The zero-order chi connectivity index (χ0) is 19.9. The van der Waals surface area contributed by atoms with Gasteiger partial charge in [0.05, 0.1) is 11.8 Å². The van der Waals surface area contributed by atoms with Crippen molar-refractivity contribution >= 4 is 11.8 Å². The highest BCUT2D eigenvalue weighted by Gasteiger charge is 2.31. The minimum atomic E-state index is -0.101. The van der Waals surface area contributed by atoms with Gasteiger partial charge in [-0.25, -0.2) is 0 Å². The van der Waals surface area contributed by atoms with Crippen molar-refractivity contribution in [2.45, 2.75) is 38.5 Å². The van der Waals surface area contributed by atoms with Crippen molar-refractivity contribution in [3.8, 4) is 0 Å². The van der Waals surface area contributed by atoms with Crippen LogP contribution in [-0.4, -0.2) is 47.8 Å². The average Bonchev–Trinajstić information content (AvgIpc) is 2.76. The monoisotopic (exact) mass is 378 g/mol. The van der Waals surface area contributed by atoms with Crippen LogP contribution >= 0.6 is 0 Å². The Hall–Kier alpha value is -2.62. The lowest BCUT2D eigenvalue weighted by molar-refractivity contribution is -0.141. The minimum Gasteiger partial charge on any atom is -0.339 e. The number of benzene rings is 2. The summed E-state index contributed by atoms with van der Waals surface area (Å²) in [5.41, 5.74) is 2.15. The van der Waals surface area contributed by atoms with Crippen molar-refractivity contribution in [2.75, 3.05) is 26.2 Å². The third kappa shape index (κ3) is 4.44. The van der Waals surface area contributed by atoms with E-state index in [9.17, 15) is 9.59 Å². The van der Waals surface area contributed by atoms with Crippen LogP contribution in [0.15, 0.2) is 60.7 Å². The summed E-state index contributed by atoms with van der Waals surface area (Å²) in [6.07, 6.45) is 1.57. The minimum absolute atomic E-state index is 0.101. The van der Waals surface area contributed by atoms with Crippen molar-refractivity contribution in [3.63, 3.8) is 0 Å². The van der Waals surface area contributed by atoms with E-state index in [1.54, 1.807) is 0 Å². The molecule has 2 atom stereocenters. The SMILES string of the molecule is CCC(C(=O)N1CCN(C(=O)C(CC)c2ccccc2)CC1)c1ccccc1. The fourth-order valence-corrected chi connectivity index (χ4v) is 4.06. The predicted molar refractivity (Wildman–Crippen MR) is 112 cm³/mol. The highest BCUT2D eigenvalue weighted by Crippen LogP contribution is 2.25. The first-order chi connectivity index (χ1) is 13.7. The van der Waals surface area contributed by atoms with Crippen LogP contribution < -0.4 is 0 Å². The molecule has 28 heavy (non-hydrogen) atoms. The Kier molecular flexibility index (Phi) is 6.85. The molecule has 0 spiro atoms. The van der Waals surface area contributed by atoms with Crippen molar-refractivity contribution in [1.82, 2.24) is 9.80 Å². The van der Waals surface area contributed by atoms with Crippen LogP contribution in [0.1, 0.15) is 49.7 Å². The lowest BCUT2D eigenvalue weighted by Crippen LogP contribution is -2.52. The maximum atomic E-state index is 13.0. The summed E-state index contributed by atoms with van der Waals surface area (Å²) >= 11 is 0. The van der Waals surface area contributed by atoms with Gasteiger partial charge < -0.3 is 9.80 Å². The van der Waals surface area contributed by atoms with Gasteiger partial charge >= 0.3 is 0 Å². The molecule has 0 bridgehead atoms. The fraction of sp³-hybridized carbons (Fsp3) is 0.417. The van der Waals surface area contributed by atoms with Crippen LogP contribution in [0.5, 0.6) is 0 Å². The van der Waals surface area contributed by atoms with Gasteiger partial charge in [-0.15, -0.1) is 0 Å². The molecular weight excluding hydrogens is 348 g/mol. The summed E-state index contributed by atoms with van der Waals surface area (Å²) in [4.78, 5) is 29.9. The van der Waals surface area contributed by atoms with Crippen molar-refractivity contribution < 1.29 is 9.59 Å². The molecule has 1 aliphatic heterocycles. The summed E-state index contributed by atoms with van der Waals surface area (Å²) in [5, 5.41) is 0. The number of nitrogens with zero attached hydrogens (tertiary/aromatic N) is 2. The molecule has 4 heteroatoms. The number of hydrogen-bond acceptors (Lipinski definition) is 2. The molecule has 0 radical (unpaired) electrons. The molecule has 0 aromatic heterocycles. The molecule has 3 rings (SSSR count). The van der Waals surface area contributed by atoms with Crippen LogP contribution in [0.3, 0.4) is 0 Å². The molecule has 1 saturated heterocycles. The van der Waals surface area contributed by atoms with E-state index in [1.165, 1.54) is 0 Å². The third-order valence-corrected chi connectivity index (χ3v) is 5.72. The molecule has 0 aliphatic carbocycles. The molecule has 1 aliphatic rings. The molecule has 1 heterocycles. The Morgan fingerprint density at radius 2 is 1.00 bits per heavy atom. The lowest BCUT2D eigenvalue weighted by Gasteiger charge is -2.37. The van der Waals surface area contributed by atoms with Gasteiger partial charge in [-0.3, -0.25) is 9.59 Å². The summed E-state index contributed by atoms with van der Waals surface area (Å²) in [6, 6.07) is 20.0. The molecule has 2 amide bonds. The van der Waals surface area contributed by atoms with Gasteiger partial charge in [0, 0.05) is 26.2 Å². The molecular formula is C24H30N2O2. The topological polar surface area (TPSA) is 40.6 Å². The zero-order valence-electron chi connectivity index (χ0n) is 16.9. The van der Waals surface area contributed by atoms with Gasteiger partial charge in [0.2, 0.25) is 11.8 Å². The molecule has 2 unspecified atom stereocenters. The molecule has 2 aromatic rings. The Labute approximate surface area is 168 Å². The number of amides is 2. The normalized spacial score (nSPS) is 16.5. The van der Waals surface area contributed by atoms with E-state index < -0.39 is 0 Å². The number of rotatable bonds is 6. The predicted octanol–water partition coefficient (Wildman–Crippen LogP) is 4.04. The van der Waals surface area contributed by atoms with Gasteiger partial charge in [-0.2, -0.15) is 0 Å². The van der Waals surface area contributed by atoms with E-state index in [0.717, 1.165) is 24.0 Å². The summed E-state index contributed by atoms with van der Waals surface area (Å²) in [6.45, 7) is 6.55. The fourth-order valence-electron chi connectivity index (χ4n) is 4.06. The van der Waals surface area contributed by atoms with E-state index in [1.807, 2.05) is 70.5 Å². The third-order valence-electron chi connectivity index (χ3n) is 5.72. The van der Waals surface area contributed by atoms with Gasteiger partial charge in [-0.1, -0.05) is 74.5 Å². The first-order valence-electron chi connectivity index (χ1n) is 10.3. The molecule has 0 saturated carbocycles. The van der Waals surface area contributed by atoms with Gasteiger partial charge in [0.15, 0.2) is 0 Å². The maximum Gasteiger partial charge on any atom is 0.230 e. The summed E-state index contributed by atoms with van der Waals surface area (Å²) in [5.74, 6) is 0.152. The van der Waals surface area contributed by atoms with Gasteiger partial charge in [0.1, 0.15) is 0 Å². The Morgan fingerprint density at radius 1 is 0.679 bits per heavy atom. The zero-order valence-corrected chi connectivity index (χ0v) is 16.9. The molecule has 1 fully saturated rings. The number of carbonyl (C=O) groups is 2. The number of hydrogen-bond donors (Lipinski definition) is 0. The van der Waals surface area contributed by atoms with Crippen molar-refractivity contribution in [2.24, 2.45) is 0 Å². The quantitative estimate of drug-likeness (QED) is 0.761. The molecule has 2 aromatic carbocycles. The van der Waals surface area contributed by atoms with Crippen LogP contribution in [0.4, 0.5) is 0 Å². The Balaban J connectivity index is 1.62. The van der Waals surface area contributed by atoms with Crippen LogP contribution in [-0.2, 0) is 9.59 Å². The van der Waals surface area contributed by atoms with Gasteiger partial charge in [0.25, 0.3) is 0 Å². The first kappa shape index (κ1) is 20.1. The standard InChI is InChI=1S/C24H30N2O2/c1-3-21(19-11-7-5-8-12-19)23(27)25-15-17-26(18-16-25)24(28)22(4-2)20-13-9-6-10-14-20/h5-14,21-22H,3-4,15-18H2,1-2H3. The van der Waals surface area contributed by atoms with Crippen LogP contribution in [0.25, 0.3) is 0 Å². The van der Waals surface area contributed by atoms with Crippen LogP contribution in [0.2, 0.25) is 0 Å². The van der Waals surface area contributed by atoms with E-state index in [2.05, 4.69) is 13.8 Å². The highest BCUT2D eigenvalue weighted by atomic mass is 16.2. The van der Waals surface area contributed by atoms with Gasteiger partial charge in [-0.05, 0) is 24.0 Å². The number of carbonyl (C=O) groups excluding carboxylic acids is 2. The van der Waals surface area contributed by atoms with E-state index in [0.29, 0.717) is 26.2 Å². The average molecular weight is 379 g/mol. The second kappa shape index (κ2) is 9.54. The van der Waals surface area contributed by atoms with Crippen molar-refractivity contribution in [3.05, 3.63) is 71.8 Å².